The van der Waals surface area contributed by atoms with Crippen LogP contribution in [0.1, 0.15) is 11.1 Å². The largest absolute Gasteiger partial charge is 0.573 e. The summed E-state index contributed by atoms with van der Waals surface area (Å²) in [6.07, 6.45) is -4.67. The molecule has 0 aromatic heterocycles. The summed E-state index contributed by atoms with van der Waals surface area (Å²) in [5.74, 6) is 5.15. The predicted molar refractivity (Wildman–Crippen MR) is 83.2 cm³/mol. The van der Waals surface area contributed by atoms with E-state index in [1.54, 1.807) is 0 Å². The Labute approximate surface area is 137 Å². The van der Waals surface area contributed by atoms with Crippen molar-refractivity contribution in [2.45, 2.75) is 12.8 Å². The van der Waals surface area contributed by atoms with Gasteiger partial charge in [0, 0.05) is 5.56 Å². The van der Waals surface area contributed by atoms with Crippen LogP contribution in [0, 0.1) is 11.8 Å². The summed E-state index contributed by atoms with van der Waals surface area (Å²) in [7, 11) is 0. The molecule has 0 fully saturated rings. The standard InChI is InChI=1S/C18H14F3NO2/c19-18(20,21)24-16-10-8-15(9-11-16)13-17(23)22-12-4-7-14-5-2-1-3-6-14/h1-3,5-6,8-11H,12-13H2,(H,22,23). The van der Waals surface area contributed by atoms with Crippen molar-refractivity contribution < 1.29 is 22.7 Å². The summed E-state index contributed by atoms with van der Waals surface area (Å²) in [6.45, 7) is 0.197. The lowest BCUT2D eigenvalue weighted by Gasteiger charge is -2.09. The van der Waals surface area contributed by atoms with Gasteiger partial charge in [0.15, 0.2) is 0 Å². The van der Waals surface area contributed by atoms with Crippen molar-refractivity contribution in [3.8, 4) is 17.6 Å². The number of carbonyl (C=O) groups is 1. The fourth-order valence-corrected chi connectivity index (χ4v) is 1.87. The minimum absolute atomic E-state index is 0.0549. The number of alkyl halides is 3. The van der Waals surface area contributed by atoms with Gasteiger partial charge in [0.2, 0.25) is 5.91 Å². The Morgan fingerprint density at radius 1 is 1.04 bits per heavy atom. The number of carbonyl (C=O) groups excluding carboxylic acids is 1. The summed E-state index contributed by atoms with van der Waals surface area (Å²) >= 11 is 0. The maximum Gasteiger partial charge on any atom is 0.573 e. The van der Waals surface area contributed by atoms with Gasteiger partial charge in [0.1, 0.15) is 5.75 Å². The lowest BCUT2D eigenvalue weighted by atomic mass is 10.1. The number of nitrogens with one attached hydrogen (secondary N) is 1. The Hall–Kier alpha value is -2.94. The first kappa shape index (κ1) is 17.4. The second-order valence-electron chi connectivity index (χ2n) is 4.81. The number of hydrogen-bond donors (Lipinski definition) is 1. The smallest absolute Gasteiger partial charge is 0.406 e. The number of ether oxygens (including phenoxy) is 1. The van der Waals surface area contributed by atoms with E-state index in [0.717, 1.165) is 5.56 Å². The fraction of sp³-hybridized carbons (Fsp3) is 0.167. The van der Waals surface area contributed by atoms with Crippen LogP contribution in [0.5, 0.6) is 5.75 Å². The summed E-state index contributed by atoms with van der Waals surface area (Å²) in [4.78, 5) is 11.7. The molecule has 0 spiro atoms. The van der Waals surface area contributed by atoms with Crippen LogP contribution in [0.15, 0.2) is 54.6 Å². The predicted octanol–water partition coefficient (Wildman–Crippen LogP) is 3.30. The lowest BCUT2D eigenvalue weighted by Crippen LogP contribution is -2.25. The second kappa shape index (κ2) is 8.06. The van der Waals surface area contributed by atoms with Gasteiger partial charge in [-0.3, -0.25) is 4.79 Å². The first-order valence-corrected chi connectivity index (χ1v) is 7.08. The lowest BCUT2D eigenvalue weighted by molar-refractivity contribution is -0.274. The highest BCUT2D eigenvalue weighted by Gasteiger charge is 2.30. The minimum atomic E-state index is -4.73. The third-order valence-corrected chi connectivity index (χ3v) is 2.90. The fourth-order valence-electron chi connectivity index (χ4n) is 1.87. The van der Waals surface area contributed by atoms with Crippen LogP contribution in [-0.2, 0) is 11.2 Å². The molecule has 2 rings (SSSR count). The molecular weight excluding hydrogens is 319 g/mol. The van der Waals surface area contributed by atoms with Gasteiger partial charge in [0.25, 0.3) is 0 Å². The molecule has 24 heavy (non-hydrogen) atoms. The Morgan fingerprint density at radius 3 is 2.33 bits per heavy atom. The molecule has 0 radical (unpaired) electrons. The molecule has 1 amide bonds. The average Bonchev–Trinajstić information content (AvgIpc) is 2.53. The van der Waals surface area contributed by atoms with Crippen LogP contribution in [0.3, 0.4) is 0 Å². The van der Waals surface area contributed by atoms with Crippen LogP contribution in [-0.4, -0.2) is 18.8 Å². The monoisotopic (exact) mass is 333 g/mol. The van der Waals surface area contributed by atoms with Gasteiger partial charge in [-0.25, -0.2) is 0 Å². The van der Waals surface area contributed by atoms with Crippen LogP contribution in [0.25, 0.3) is 0 Å². The van der Waals surface area contributed by atoms with E-state index in [0.29, 0.717) is 5.56 Å². The third kappa shape index (κ3) is 6.44. The first-order valence-electron chi connectivity index (χ1n) is 7.08. The first-order chi connectivity index (χ1) is 11.4. The zero-order chi connectivity index (χ0) is 17.4. The van der Waals surface area contributed by atoms with Crippen LogP contribution in [0.2, 0.25) is 0 Å². The number of rotatable bonds is 4. The maximum absolute atomic E-state index is 12.0. The molecule has 1 N–H and O–H groups in total. The topological polar surface area (TPSA) is 38.3 Å². The summed E-state index contributed by atoms with van der Waals surface area (Å²) in [5, 5.41) is 2.63. The second-order valence-corrected chi connectivity index (χ2v) is 4.81. The maximum atomic E-state index is 12.0. The van der Waals surface area contributed by atoms with E-state index in [-0.39, 0.29) is 24.6 Å². The zero-order valence-electron chi connectivity index (χ0n) is 12.6. The molecule has 0 bridgehead atoms. The highest BCUT2D eigenvalue weighted by atomic mass is 19.4. The molecule has 0 aliphatic rings. The van der Waals surface area contributed by atoms with E-state index in [4.69, 9.17) is 0 Å². The Morgan fingerprint density at radius 2 is 1.71 bits per heavy atom. The van der Waals surface area contributed by atoms with Gasteiger partial charge in [-0.1, -0.05) is 42.2 Å². The number of amides is 1. The quantitative estimate of drug-likeness (QED) is 0.872. The molecule has 0 atom stereocenters. The van der Waals surface area contributed by atoms with Crippen molar-refractivity contribution in [2.75, 3.05) is 6.54 Å². The van der Waals surface area contributed by atoms with Gasteiger partial charge in [0.05, 0.1) is 13.0 Å². The molecule has 2 aromatic carbocycles. The molecule has 0 aliphatic heterocycles. The van der Waals surface area contributed by atoms with E-state index in [2.05, 4.69) is 21.9 Å². The van der Waals surface area contributed by atoms with E-state index in [1.807, 2.05) is 30.3 Å². The summed E-state index contributed by atoms with van der Waals surface area (Å²) < 4.78 is 39.9. The highest BCUT2D eigenvalue weighted by Crippen LogP contribution is 2.22. The van der Waals surface area contributed by atoms with Crippen molar-refractivity contribution in [3.05, 3.63) is 65.7 Å². The molecule has 2 aromatic rings. The molecule has 0 saturated carbocycles. The normalized spacial score (nSPS) is 10.5. The third-order valence-electron chi connectivity index (χ3n) is 2.90. The summed E-state index contributed by atoms with van der Waals surface area (Å²) in [6, 6.07) is 14.5. The van der Waals surface area contributed by atoms with Gasteiger partial charge in [-0.2, -0.15) is 0 Å². The number of halogens is 3. The molecule has 0 aliphatic carbocycles. The van der Waals surface area contributed by atoms with E-state index in [1.165, 1.54) is 24.3 Å². The van der Waals surface area contributed by atoms with Gasteiger partial charge in [-0.05, 0) is 29.8 Å². The van der Waals surface area contributed by atoms with Crippen molar-refractivity contribution in [3.63, 3.8) is 0 Å². The van der Waals surface area contributed by atoms with Crippen molar-refractivity contribution in [1.29, 1.82) is 0 Å². The van der Waals surface area contributed by atoms with Crippen LogP contribution < -0.4 is 10.1 Å². The zero-order valence-corrected chi connectivity index (χ0v) is 12.6. The van der Waals surface area contributed by atoms with Crippen molar-refractivity contribution in [1.82, 2.24) is 5.32 Å². The van der Waals surface area contributed by atoms with Gasteiger partial charge >= 0.3 is 6.36 Å². The van der Waals surface area contributed by atoms with Crippen LogP contribution in [0.4, 0.5) is 13.2 Å². The molecule has 6 heteroatoms. The summed E-state index contributed by atoms with van der Waals surface area (Å²) in [5.41, 5.74) is 1.44. The minimum Gasteiger partial charge on any atom is -0.406 e. The molecule has 124 valence electrons. The SMILES string of the molecule is O=C(Cc1ccc(OC(F)(F)F)cc1)NCC#Cc1ccccc1. The van der Waals surface area contributed by atoms with Crippen LogP contribution >= 0.6 is 0 Å². The van der Waals surface area contributed by atoms with E-state index >= 15 is 0 Å². The van der Waals surface area contributed by atoms with E-state index < -0.39 is 6.36 Å². The molecule has 3 nitrogen and oxygen atoms in total. The average molecular weight is 333 g/mol. The number of benzene rings is 2. The van der Waals surface area contributed by atoms with Gasteiger partial charge in [-0.15, -0.1) is 13.2 Å². The van der Waals surface area contributed by atoms with E-state index in [9.17, 15) is 18.0 Å². The Bertz CT molecular complexity index is 729. The molecule has 0 heterocycles. The Balaban J connectivity index is 1.79. The highest BCUT2D eigenvalue weighted by molar-refractivity contribution is 5.78. The molecule has 0 unspecified atom stereocenters. The number of hydrogen-bond acceptors (Lipinski definition) is 2. The molecule has 0 saturated heterocycles. The Kier molecular flexibility index (Phi) is 5.85. The van der Waals surface area contributed by atoms with Gasteiger partial charge < -0.3 is 10.1 Å². The van der Waals surface area contributed by atoms with Crippen molar-refractivity contribution in [2.24, 2.45) is 0 Å². The molecular formula is C18H14F3NO2. The van der Waals surface area contributed by atoms with Crippen molar-refractivity contribution >= 4 is 5.91 Å².